The molecule has 1 heterocycles. The van der Waals surface area contributed by atoms with Gasteiger partial charge >= 0.3 is 5.97 Å². The van der Waals surface area contributed by atoms with E-state index in [1.54, 1.807) is 18.2 Å². The lowest BCUT2D eigenvalue weighted by Gasteiger charge is -2.11. The average molecular weight is 310 g/mol. The SMILES string of the molecule is CN(C)c1ccc(C=C2N=C(c3cccc(F)c3)OC2=O)cc1. The summed E-state index contributed by atoms with van der Waals surface area (Å²) in [4.78, 5) is 18.1. The van der Waals surface area contributed by atoms with Crippen molar-refractivity contribution in [1.82, 2.24) is 0 Å². The van der Waals surface area contributed by atoms with Crippen molar-refractivity contribution in [1.29, 1.82) is 0 Å². The number of benzene rings is 2. The average Bonchev–Trinajstić information content (AvgIpc) is 2.89. The zero-order valence-corrected chi connectivity index (χ0v) is 12.8. The number of nitrogens with zero attached hydrogens (tertiary/aromatic N) is 2. The van der Waals surface area contributed by atoms with Crippen LogP contribution in [0.15, 0.2) is 59.2 Å². The van der Waals surface area contributed by atoms with Gasteiger partial charge in [-0.1, -0.05) is 18.2 Å². The molecule has 23 heavy (non-hydrogen) atoms. The van der Waals surface area contributed by atoms with Crippen LogP contribution in [0.25, 0.3) is 6.08 Å². The van der Waals surface area contributed by atoms with Crippen molar-refractivity contribution in [2.75, 3.05) is 19.0 Å². The van der Waals surface area contributed by atoms with Crippen LogP contribution >= 0.6 is 0 Å². The second-order valence-corrected chi connectivity index (χ2v) is 5.33. The van der Waals surface area contributed by atoms with Crippen LogP contribution in [0, 0.1) is 5.82 Å². The predicted molar refractivity (Wildman–Crippen MR) is 87.8 cm³/mol. The topological polar surface area (TPSA) is 41.9 Å². The second-order valence-electron chi connectivity index (χ2n) is 5.33. The zero-order valence-electron chi connectivity index (χ0n) is 12.8. The molecule has 5 heteroatoms. The van der Waals surface area contributed by atoms with Gasteiger partial charge in [0, 0.05) is 25.3 Å². The monoisotopic (exact) mass is 310 g/mol. The molecule has 1 aliphatic heterocycles. The van der Waals surface area contributed by atoms with E-state index in [0.29, 0.717) is 5.56 Å². The maximum atomic E-state index is 13.3. The summed E-state index contributed by atoms with van der Waals surface area (Å²) >= 11 is 0. The number of esters is 1. The number of rotatable bonds is 3. The van der Waals surface area contributed by atoms with Gasteiger partial charge in [-0.3, -0.25) is 0 Å². The van der Waals surface area contributed by atoms with E-state index in [-0.39, 0.29) is 11.6 Å². The maximum absolute atomic E-state index is 13.3. The van der Waals surface area contributed by atoms with E-state index < -0.39 is 11.8 Å². The number of hydrogen-bond acceptors (Lipinski definition) is 4. The lowest BCUT2D eigenvalue weighted by molar-refractivity contribution is -0.129. The molecule has 0 N–H and O–H groups in total. The Morgan fingerprint density at radius 1 is 1.13 bits per heavy atom. The molecule has 3 rings (SSSR count). The van der Waals surface area contributed by atoms with Crippen LogP contribution in [-0.4, -0.2) is 26.0 Å². The summed E-state index contributed by atoms with van der Waals surface area (Å²) in [6.45, 7) is 0. The van der Waals surface area contributed by atoms with Gasteiger partial charge in [0.2, 0.25) is 5.90 Å². The number of hydrogen-bond donors (Lipinski definition) is 0. The maximum Gasteiger partial charge on any atom is 0.363 e. The Balaban J connectivity index is 1.88. The van der Waals surface area contributed by atoms with Crippen molar-refractivity contribution in [2.24, 2.45) is 4.99 Å². The fourth-order valence-corrected chi connectivity index (χ4v) is 2.18. The van der Waals surface area contributed by atoms with Gasteiger partial charge in [-0.25, -0.2) is 14.2 Å². The number of carbonyl (C=O) groups is 1. The fourth-order valence-electron chi connectivity index (χ4n) is 2.18. The van der Waals surface area contributed by atoms with Gasteiger partial charge in [-0.2, -0.15) is 0 Å². The molecule has 0 bridgehead atoms. The standard InChI is InChI=1S/C18H15FN2O2/c1-21(2)15-8-6-12(7-9-15)10-16-18(22)23-17(20-16)13-4-3-5-14(19)11-13/h3-11H,1-2H3. The van der Waals surface area contributed by atoms with E-state index in [1.165, 1.54) is 12.1 Å². The Labute approximate surface area is 133 Å². The summed E-state index contributed by atoms with van der Waals surface area (Å²) in [5.41, 5.74) is 2.53. The minimum Gasteiger partial charge on any atom is -0.402 e. The Hall–Kier alpha value is -2.95. The van der Waals surface area contributed by atoms with E-state index in [2.05, 4.69) is 4.99 Å². The van der Waals surface area contributed by atoms with Crippen molar-refractivity contribution in [3.63, 3.8) is 0 Å². The van der Waals surface area contributed by atoms with Gasteiger partial charge in [-0.05, 0) is 42.0 Å². The highest BCUT2D eigenvalue weighted by Crippen LogP contribution is 2.20. The molecule has 0 aromatic heterocycles. The fraction of sp³-hybridized carbons (Fsp3) is 0.111. The molecule has 0 spiro atoms. The number of anilines is 1. The molecule has 4 nitrogen and oxygen atoms in total. The molecular formula is C18H15FN2O2. The smallest absolute Gasteiger partial charge is 0.363 e. The minimum absolute atomic E-state index is 0.116. The Kier molecular flexibility index (Phi) is 3.93. The van der Waals surface area contributed by atoms with E-state index in [0.717, 1.165) is 11.3 Å². The molecule has 0 saturated heterocycles. The predicted octanol–water partition coefficient (Wildman–Crippen LogP) is 3.24. The molecule has 0 amide bonds. The van der Waals surface area contributed by atoms with Crippen molar-refractivity contribution in [3.8, 4) is 0 Å². The highest BCUT2D eigenvalue weighted by Gasteiger charge is 2.24. The highest BCUT2D eigenvalue weighted by atomic mass is 19.1. The number of halogens is 1. The summed E-state index contributed by atoms with van der Waals surface area (Å²) < 4.78 is 18.4. The number of ether oxygens (including phenoxy) is 1. The van der Waals surface area contributed by atoms with E-state index in [9.17, 15) is 9.18 Å². The summed E-state index contributed by atoms with van der Waals surface area (Å²) in [5, 5.41) is 0. The van der Waals surface area contributed by atoms with Crippen LogP contribution in [0.1, 0.15) is 11.1 Å². The Morgan fingerprint density at radius 3 is 2.52 bits per heavy atom. The third kappa shape index (κ3) is 3.29. The Bertz CT molecular complexity index is 808. The molecule has 0 atom stereocenters. The molecule has 2 aromatic rings. The Morgan fingerprint density at radius 2 is 1.87 bits per heavy atom. The number of aliphatic imine (C=N–C) groups is 1. The van der Waals surface area contributed by atoms with Crippen LogP contribution in [0.2, 0.25) is 0 Å². The quantitative estimate of drug-likeness (QED) is 0.645. The third-order valence-electron chi connectivity index (χ3n) is 3.40. The van der Waals surface area contributed by atoms with Crippen molar-refractivity contribution < 1.29 is 13.9 Å². The van der Waals surface area contributed by atoms with Gasteiger partial charge < -0.3 is 9.64 Å². The summed E-state index contributed by atoms with van der Waals surface area (Å²) in [7, 11) is 3.91. The van der Waals surface area contributed by atoms with E-state index >= 15 is 0 Å². The summed E-state index contributed by atoms with van der Waals surface area (Å²) in [6.07, 6.45) is 1.65. The normalized spacial score (nSPS) is 15.5. The molecule has 0 unspecified atom stereocenters. The van der Waals surface area contributed by atoms with Crippen LogP contribution in [0.5, 0.6) is 0 Å². The van der Waals surface area contributed by atoms with Gasteiger partial charge in [-0.15, -0.1) is 0 Å². The van der Waals surface area contributed by atoms with Gasteiger partial charge in [0.05, 0.1) is 0 Å². The molecule has 116 valence electrons. The van der Waals surface area contributed by atoms with E-state index in [1.807, 2.05) is 43.3 Å². The minimum atomic E-state index is -0.541. The number of cyclic esters (lactones) is 1. The first kappa shape index (κ1) is 15.0. The first-order valence-electron chi connectivity index (χ1n) is 7.09. The third-order valence-corrected chi connectivity index (χ3v) is 3.40. The van der Waals surface area contributed by atoms with Gasteiger partial charge in [0.1, 0.15) is 5.82 Å². The van der Waals surface area contributed by atoms with Crippen LogP contribution in [-0.2, 0) is 9.53 Å². The highest BCUT2D eigenvalue weighted by molar-refractivity contribution is 6.12. The lowest BCUT2D eigenvalue weighted by Crippen LogP contribution is -2.08. The first-order chi connectivity index (χ1) is 11.0. The van der Waals surface area contributed by atoms with Crippen LogP contribution in [0.4, 0.5) is 10.1 Å². The molecule has 0 saturated carbocycles. The second kappa shape index (κ2) is 6.04. The van der Waals surface area contributed by atoms with Gasteiger partial charge in [0.15, 0.2) is 5.70 Å². The zero-order chi connectivity index (χ0) is 16.4. The molecule has 0 aliphatic carbocycles. The van der Waals surface area contributed by atoms with Crippen molar-refractivity contribution in [2.45, 2.75) is 0 Å². The number of carbonyl (C=O) groups excluding carboxylic acids is 1. The first-order valence-corrected chi connectivity index (χ1v) is 7.09. The molecule has 0 fully saturated rings. The summed E-state index contributed by atoms with van der Waals surface area (Å²) in [5.74, 6) is -0.829. The molecular weight excluding hydrogens is 295 g/mol. The van der Waals surface area contributed by atoms with E-state index in [4.69, 9.17) is 4.74 Å². The van der Waals surface area contributed by atoms with Crippen LogP contribution in [0.3, 0.4) is 0 Å². The van der Waals surface area contributed by atoms with Crippen molar-refractivity contribution >= 4 is 23.6 Å². The van der Waals surface area contributed by atoms with Gasteiger partial charge in [0.25, 0.3) is 0 Å². The largest absolute Gasteiger partial charge is 0.402 e. The molecule has 0 radical (unpaired) electrons. The molecule has 1 aliphatic rings. The van der Waals surface area contributed by atoms with Crippen LogP contribution < -0.4 is 4.90 Å². The molecule has 2 aromatic carbocycles. The van der Waals surface area contributed by atoms with Crippen molar-refractivity contribution in [3.05, 3.63) is 71.2 Å². The lowest BCUT2D eigenvalue weighted by atomic mass is 10.1. The summed E-state index contributed by atoms with van der Waals surface area (Å²) in [6, 6.07) is 13.5.